The number of rotatable bonds is 16. The first kappa shape index (κ1) is 37.1. The van der Waals surface area contributed by atoms with Crippen molar-refractivity contribution in [3.63, 3.8) is 0 Å². The van der Waals surface area contributed by atoms with Crippen LogP contribution in [0.1, 0.15) is 120 Å². The Hall–Kier alpha value is -4.17. The van der Waals surface area contributed by atoms with Crippen molar-refractivity contribution < 1.29 is 33.7 Å². The molecule has 5 rings (SSSR count). The normalized spacial score (nSPS) is 15.3. The van der Waals surface area contributed by atoms with E-state index in [1.54, 1.807) is 0 Å². The number of fused-ring (bicyclic) bond motifs is 2. The molecular formula is C42H53NO7. The minimum Gasteiger partial charge on any atom is -0.480 e. The van der Waals surface area contributed by atoms with Gasteiger partial charge in [-0.25, -0.2) is 9.59 Å². The first-order chi connectivity index (χ1) is 24.1. The third-order valence-electron chi connectivity index (χ3n) is 9.98. The van der Waals surface area contributed by atoms with Gasteiger partial charge in [0.2, 0.25) is 5.91 Å². The van der Waals surface area contributed by atoms with Crippen molar-refractivity contribution in [1.82, 2.24) is 0 Å². The van der Waals surface area contributed by atoms with Gasteiger partial charge in [0.15, 0.2) is 0 Å². The SMILES string of the molecule is CC(C)(C)c1ccc(CCC(CCCCC2CCCCC2)OC(=O)COCC(=O)O)cc1NC(=O)CC1c2ccccc2Oc2ccccc21. The predicted molar refractivity (Wildman–Crippen MR) is 195 cm³/mol. The van der Waals surface area contributed by atoms with Crippen LogP contribution in [0.5, 0.6) is 11.5 Å². The smallest absolute Gasteiger partial charge is 0.332 e. The molecule has 1 fully saturated rings. The Morgan fingerprint density at radius 2 is 1.56 bits per heavy atom. The van der Waals surface area contributed by atoms with Crippen LogP contribution in [0.25, 0.3) is 0 Å². The maximum Gasteiger partial charge on any atom is 0.332 e. The van der Waals surface area contributed by atoms with Crippen LogP contribution >= 0.6 is 0 Å². The van der Waals surface area contributed by atoms with Gasteiger partial charge in [-0.05, 0) is 66.3 Å². The van der Waals surface area contributed by atoms with Crippen LogP contribution in [0.2, 0.25) is 0 Å². The third kappa shape index (κ3) is 10.7. The number of benzene rings is 3. The van der Waals surface area contributed by atoms with E-state index in [4.69, 9.17) is 19.3 Å². The van der Waals surface area contributed by atoms with E-state index in [-0.39, 0.29) is 36.4 Å². The van der Waals surface area contributed by atoms with Gasteiger partial charge in [-0.15, -0.1) is 0 Å². The summed E-state index contributed by atoms with van der Waals surface area (Å²) in [6, 6.07) is 22.0. The lowest BCUT2D eigenvalue weighted by molar-refractivity contribution is -0.157. The molecule has 1 aliphatic heterocycles. The zero-order chi connectivity index (χ0) is 35.5. The van der Waals surface area contributed by atoms with E-state index in [0.717, 1.165) is 64.6 Å². The molecule has 8 nitrogen and oxygen atoms in total. The molecule has 8 heteroatoms. The number of anilines is 1. The number of aliphatic carboxylic acids is 1. The molecule has 50 heavy (non-hydrogen) atoms. The zero-order valence-corrected chi connectivity index (χ0v) is 29.9. The fourth-order valence-corrected chi connectivity index (χ4v) is 7.43. The monoisotopic (exact) mass is 683 g/mol. The number of unbranched alkanes of at least 4 members (excludes halogenated alkanes) is 1. The molecule has 1 atom stereocenters. The Morgan fingerprint density at radius 1 is 0.880 bits per heavy atom. The second kappa shape index (κ2) is 17.7. The summed E-state index contributed by atoms with van der Waals surface area (Å²) in [5.41, 5.74) is 4.67. The van der Waals surface area contributed by atoms with Crippen molar-refractivity contribution in [1.29, 1.82) is 0 Å². The lowest BCUT2D eigenvalue weighted by Gasteiger charge is -2.28. The number of nitrogens with one attached hydrogen (secondary N) is 1. The fraction of sp³-hybridized carbons (Fsp3) is 0.500. The van der Waals surface area contributed by atoms with Crippen molar-refractivity contribution >= 4 is 23.5 Å². The molecule has 1 unspecified atom stereocenters. The molecular weight excluding hydrogens is 630 g/mol. The lowest BCUT2D eigenvalue weighted by Crippen LogP contribution is -2.24. The predicted octanol–water partition coefficient (Wildman–Crippen LogP) is 9.34. The minimum atomic E-state index is -1.12. The maximum absolute atomic E-state index is 13.8. The van der Waals surface area contributed by atoms with Crippen LogP contribution in [0.15, 0.2) is 66.7 Å². The Bertz CT molecular complexity index is 1560. The molecule has 1 saturated carbocycles. The number of ether oxygens (including phenoxy) is 3. The second-order valence-corrected chi connectivity index (χ2v) is 14.9. The Balaban J connectivity index is 1.26. The number of hydrogen-bond donors (Lipinski definition) is 2. The highest BCUT2D eigenvalue weighted by Gasteiger charge is 2.29. The van der Waals surface area contributed by atoms with Gasteiger partial charge < -0.3 is 24.6 Å². The molecule has 0 radical (unpaired) electrons. The average Bonchev–Trinajstić information content (AvgIpc) is 3.08. The Kier molecular flexibility index (Phi) is 13.1. The molecule has 0 aromatic heterocycles. The molecule has 1 heterocycles. The standard InChI is InChI=1S/C42H53NO7/c1-42(2,3)35-24-22-30(21-23-31(49-41(47)28-48-27-40(45)46)16-8-7-15-29-13-5-4-6-14-29)25-36(35)43-39(44)26-34-32-17-9-11-19-37(32)50-38-20-12-10-18-33(34)38/h9-12,17-20,22,24-25,29,31,34H,4-8,13-16,21,23,26-28H2,1-3H3,(H,43,44)(H,45,46). The lowest BCUT2D eigenvalue weighted by atomic mass is 9.84. The van der Waals surface area contributed by atoms with Crippen LogP contribution in [-0.4, -0.2) is 42.3 Å². The minimum absolute atomic E-state index is 0.0738. The Labute approximate surface area is 296 Å². The number of aryl methyl sites for hydroxylation is 1. The van der Waals surface area contributed by atoms with E-state index < -0.39 is 18.5 Å². The molecule has 268 valence electrons. The number of amides is 1. The molecule has 0 spiro atoms. The van der Waals surface area contributed by atoms with Crippen LogP contribution in [-0.2, 0) is 35.7 Å². The number of hydrogen-bond acceptors (Lipinski definition) is 6. The number of carboxylic acids is 1. The highest BCUT2D eigenvalue weighted by Crippen LogP contribution is 2.45. The third-order valence-corrected chi connectivity index (χ3v) is 9.98. The molecule has 2 N–H and O–H groups in total. The van der Waals surface area contributed by atoms with Gasteiger partial charge in [-0.2, -0.15) is 0 Å². The van der Waals surface area contributed by atoms with Gasteiger partial charge in [0.05, 0.1) is 0 Å². The van der Waals surface area contributed by atoms with Gasteiger partial charge in [-0.1, -0.05) is 114 Å². The summed E-state index contributed by atoms with van der Waals surface area (Å²) < 4.78 is 17.0. The van der Waals surface area contributed by atoms with E-state index in [0.29, 0.717) is 12.8 Å². The van der Waals surface area contributed by atoms with E-state index in [9.17, 15) is 14.4 Å². The van der Waals surface area contributed by atoms with Gasteiger partial charge in [-0.3, -0.25) is 4.79 Å². The maximum atomic E-state index is 13.8. The van der Waals surface area contributed by atoms with Crippen LogP contribution in [0, 0.1) is 5.92 Å². The first-order valence-corrected chi connectivity index (χ1v) is 18.3. The van der Waals surface area contributed by atoms with Crippen LogP contribution in [0.4, 0.5) is 5.69 Å². The van der Waals surface area contributed by atoms with E-state index in [1.165, 1.54) is 38.5 Å². The van der Waals surface area contributed by atoms with E-state index in [2.05, 4.69) is 44.3 Å². The molecule has 0 saturated heterocycles. The van der Waals surface area contributed by atoms with Crippen LogP contribution in [0.3, 0.4) is 0 Å². The van der Waals surface area contributed by atoms with Gasteiger partial charge in [0.1, 0.15) is 30.8 Å². The van der Waals surface area contributed by atoms with Crippen molar-refractivity contribution in [2.24, 2.45) is 5.92 Å². The molecule has 3 aromatic carbocycles. The first-order valence-electron chi connectivity index (χ1n) is 18.3. The number of carboxylic acid groups (broad SMARTS) is 1. The summed E-state index contributed by atoms with van der Waals surface area (Å²) in [4.78, 5) is 37.2. The van der Waals surface area contributed by atoms with Gasteiger partial charge in [0.25, 0.3) is 0 Å². The highest BCUT2D eigenvalue weighted by molar-refractivity contribution is 5.93. The largest absolute Gasteiger partial charge is 0.480 e. The topological polar surface area (TPSA) is 111 Å². The summed E-state index contributed by atoms with van der Waals surface area (Å²) in [6.45, 7) is 5.49. The fourth-order valence-electron chi connectivity index (χ4n) is 7.43. The van der Waals surface area contributed by atoms with Crippen LogP contribution < -0.4 is 10.1 Å². The van der Waals surface area contributed by atoms with Gasteiger partial charge >= 0.3 is 11.9 Å². The summed E-state index contributed by atoms with van der Waals surface area (Å²) in [7, 11) is 0. The van der Waals surface area contributed by atoms with Crippen molar-refractivity contribution in [2.75, 3.05) is 18.5 Å². The van der Waals surface area contributed by atoms with Crippen molar-refractivity contribution in [2.45, 2.75) is 115 Å². The molecule has 2 aliphatic rings. The van der Waals surface area contributed by atoms with Crippen molar-refractivity contribution in [3.8, 4) is 11.5 Å². The number of carbonyl (C=O) groups is 3. The Morgan fingerprint density at radius 3 is 2.22 bits per heavy atom. The summed E-state index contributed by atoms with van der Waals surface area (Å²) in [5, 5.41) is 12.1. The number of esters is 1. The zero-order valence-electron chi connectivity index (χ0n) is 29.9. The van der Waals surface area contributed by atoms with E-state index >= 15 is 0 Å². The summed E-state index contributed by atoms with van der Waals surface area (Å²) in [5.74, 6) is 0.482. The molecule has 3 aromatic rings. The highest BCUT2D eigenvalue weighted by atomic mass is 16.6. The van der Waals surface area contributed by atoms with Gasteiger partial charge in [0, 0.05) is 29.2 Å². The van der Waals surface area contributed by atoms with Crippen molar-refractivity contribution in [3.05, 3.63) is 89.0 Å². The molecule has 1 aliphatic carbocycles. The molecule has 0 bridgehead atoms. The summed E-state index contributed by atoms with van der Waals surface area (Å²) >= 11 is 0. The second-order valence-electron chi connectivity index (χ2n) is 14.9. The average molecular weight is 684 g/mol. The van der Waals surface area contributed by atoms with E-state index in [1.807, 2.05) is 48.5 Å². The quantitative estimate of drug-likeness (QED) is 0.114. The molecule has 1 amide bonds. The number of carbonyl (C=O) groups excluding carboxylic acids is 2. The number of para-hydroxylation sites is 2. The summed E-state index contributed by atoms with van der Waals surface area (Å²) in [6.07, 6.45) is 11.9.